The zero-order valence-corrected chi connectivity index (χ0v) is 10.8. The quantitative estimate of drug-likeness (QED) is 0.633. The summed E-state index contributed by atoms with van der Waals surface area (Å²) in [7, 11) is 0. The number of nitrogens with zero attached hydrogens (tertiary/aromatic N) is 1. The number of benzene rings is 1. The van der Waals surface area contributed by atoms with E-state index in [4.69, 9.17) is 4.89 Å². The van der Waals surface area contributed by atoms with Gasteiger partial charge >= 0.3 is 12.1 Å². The molecule has 2 rings (SSSR count). The lowest BCUT2D eigenvalue weighted by Crippen LogP contribution is -2.25. The van der Waals surface area contributed by atoms with E-state index >= 15 is 0 Å². The predicted molar refractivity (Wildman–Crippen MR) is 64.9 cm³/mol. The van der Waals surface area contributed by atoms with Crippen molar-refractivity contribution in [2.75, 3.05) is 18.0 Å². The molecule has 1 atom stereocenters. The Morgan fingerprint density at radius 1 is 1.35 bits per heavy atom. The standard InChI is InChI=1S/C13H14F3NO3/c1-9(18)19-20-10-6-7-17(8-10)12-5-3-2-4-11(12)13(14,15)16/h2-5,10H,6-8H2,1H3. The minimum atomic E-state index is -4.40. The lowest BCUT2D eigenvalue weighted by molar-refractivity contribution is -0.291. The summed E-state index contributed by atoms with van der Waals surface area (Å²) in [5.41, 5.74) is -0.554. The number of rotatable bonds is 3. The van der Waals surface area contributed by atoms with Crippen molar-refractivity contribution in [1.82, 2.24) is 0 Å². The molecule has 0 aliphatic carbocycles. The molecule has 1 aliphatic rings. The van der Waals surface area contributed by atoms with Gasteiger partial charge in [-0.15, -0.1) is 0 Å². The molecule has 0 amide bonds. The Morgan fingerprint density at radius 2 is 2.05 bits per heavy atom. The van der Waals surface area contributed by atoms with Gasteiger partial charge in [-0.05, 0) is 18.6 Å². The van der Waals surface area contributed by atoms with Crippen LogP contribution in [0.2, 0.25) is 0 Å². The van der Waals surface area contributed by atoms with Crippen molar-refractivity contribution in [1.29, 1.82) is 0 Å². The Kier molecular flexibility index (Phi) is 4.17. The van der Waals surface area contributed by atoms with Crippen LogP contribution in [0.5, 0.6) is 0 Å². The number of carbonyl (C=O) groups is 1. The summed E-state index contributed by atoms with van der Waals surface area (Å²) in [5.74, 6) is -0.584. The lowest BCUT2D eigenvalue weighted by atomic mass is 10.1. The highest BCUT2D eigenvalue weighted by Crippen LogP contribution is 2.37. The first-order valence-electron chi connectivity index (χ1n) is 6.13. The van der Waals surface area contributed by atoms with Gasteiger partial charge in [0, 0.05) is 25.7 Å². The van der Waals surface area contributed by atoms with Gasteiger partial charge in [0.1, 0.15) is 6.10 Å². The number of alkyl halides is 3. The third-order valence-corrected chi connectivity index (χ3v) is 3.00. The lowest BCUT2D eigenvalue weighted by Gasteiger charge is -2.22. The van der Waals surface area contributed by atoms with Gasteiger partial charge < -0.3 is 4.90 Å². The highest BCUT2D eigenvalue weighted by Gasteiger charge is 2.36. The van der Waals surface area contributed by atoms with Crippen LogP contribution in [0, 0.1) is 0 Å². The minimum absolute atomic E-state index is 0.119. The number of halogens is 3. The van der Waals surface area contributed by atoms with Crippen LogP contribution in [0.3, 0.4) is 0 Å². The first-order chi connectivity index (χ1) is 9.38. The monoisotopic (exact) mass is 289 g/mol. The van der Waals surface area contributed by atoms with Crippen molar-refractivity contribution < 1.29 is 27.7 Å². The summed E-state index contributed by atoms with van der Waals surface area (Å²) in [5, 5.41) is 0. The first kappa shape index (κ1) is 14.6. The van der Waals surface area contributed by atoms with E-state index < -0.39 is 23.8 Å². The van der Waals surface area contributed by atoms with Crippen molar-refractivity contribution in [3.63, 3.8) is 0 Å². The topological polar surface area (TPSA) is 38.8 Å². The smallest absolute Gasteiger partial charge is 0.368 e. The van der Waals surface area contributed by atoms with Gasteiger partial charge in [0.15, 0.2) is 0 Å². The zero-order chi connectivity index (χ0) is 14.8. The van der Waals surface area contributed by atoms with Crippen LogP contribution in [0.4, 0.5) is 18.9 Å². The van der Waals surface area contributed by atoms with E-state index in [1.54, 1.807) is 11.0 Å². The van der Waals surface area contributed by atoms with Gasteiger partial charge in [0.25, 0.3) is 0 Å². The summed E-state index contributed by atoms with van der Waals surface area (Å²) in [4.78, 5) is 21.5. The van der Waals surface area contributed by atoms with Crippen LogP contribution in [0.1, 0.15) is 18.9 Å². The van der Waals surface area contributed by atoms with Crippen molar-refractivity contribution in [2.24, 2.45) is 0 Å². The Hall–Kier alpha value is -1.76. The molecule has 0 N–H and O–H groups in total. The summed E-state index contributed by atoms with van der Waals surface area (Å²) < 4.78 is 38.8. The molecule has 0 bridgehead atoms. The van der Waals surface area contributed by atoms with Crippen LogP contribution in [-0.4, -0.2) is 25.2 Å². The SMILES string of the molecule is CC(=O)OOC1CCN(c2ccccc2C(F)(F)F)C1. The molecule has 0 radical (unpaired) electrons. The molecule has 1 aliphatic heterocycles. The maximum atomic E-state index is 12.9. The van der Waals surface area contributed by atoms with Crippen molar-refractivity contribution in [3.8, 4) is 0 Å². The van der Waals surface area contributed by atoms with E-state index in [9.17, 15) is 18.0 Å². The van der Waals surface area contributed by atoms with Crippen LogP contribution < -0.4 is 4.90 Å². The molecule has 0 spiro atoms. The van der Waals surface area contributed by atoms with Gasteiger partial charge in [-0.25, -0.2) is 4.79 Å². The second kappa shape index (κ2) is 5.70. The van der Waals surface area contributed by atoms with E-state index in [0.717, 1.165) is 6.07 Å². The van der Waals surface area contributed by atoms with Gasteiger partial charge in [0.05, 0.1) is 5.56 Å². The molecule has 20 heavy (non-hydrogen) atoms. The molecular weight excluding hydrogens is 275 g/mol. The van der Waals surface area contributed by atoms with Crippen LogP contribution in [0.25, 0.3) is 0 Å². The molecule has 1 aromatic rings. The number of hydrogen-bond acceptors (Lipinski definition) is 4. The van der Waals surface area contributed by atoms with Crippen LogP contribution in [0.15, 0.2) is 24.3 Å². The molecule has 1 aromatic carbocycles. The van der Waals surface area contributed by atoms with Gasteiger partial charge in [-0.1, -0.05) is 12.1 Å². The van der Waals surface area contributed by atoms with Crippen LogP contribution in [-0.2, 0) is 20.7 Å². The average Bonchev–Trinajstić information content (AvgIpc) is 2.84. The van der Waals surface area contributed by atoms with E-state index in [2.05, 4.69) is 4.89 Å². The van der Waals surface area contributed by atoms with E-state index in [1.165, 1.54) is 19.1 Å². The largest absolute Gasteiger partial charge is 0.418 e. The van der Waals surface area contributed by atoms with Crippen molar-refractivity contribution >= 4 is 11.7 Å². The minimum Gasteiger partial charge on any atom is -0.368 e. The first-order valence-corrected chi connectivity index (χ1v) is 6.13. The third kappa shape index (κ3) is 3.41. The van der Waals surface area contributed by atoms with Gasteiger partial charge in [-0.2, -0.15) is 18.1 Å². The van der Waals surface area contributed by atoms with Crippen LogP contribution >= 0.6 is 0 Å². The fourth-order valence-electron chi connectivity index (χ4n) is 2.15. The fraction of sp³-hybridized carbons (Fsp3) is 0.462. The Bertz CT molecular complexity index is 490. The maximum Gasteiger partial charge on any atom is 0.418 e. The molecule has 4 nitrogen and oxygen atoms in total. The molecule has 0 aromatic heterocycles. The molecule has 0 saturated carbocycles. The van der Waals surface area contributed by atoms with Crippen molar-refractivity contribution in [2.45, 2.75) is 25.6 Å². The zero-order valence-electron chi connectivity index (χ0n) is 10.8. The number of para-hydroxylation sites is 1. The fourth-order valence-corrected chi connectivity index (χ4v) is 2.15. The summed E-state index contributed by atoms with van der Waals surface area (Å²) in [6, 6.07) is 5.40. The second-order valence-corrected chi connectivity index (χ2v) is 4.54. The Morgan fingerprint density at radius 3 is 2.70 bits per heavy atom. The Balaban J connectivity index is 2.09. The third-order valence-electron chi connectivity index (χ3n) is 3.00. The molecule has 110 valence electrons. The highest BCUT2D eigenvalue weighted by atomic mass is 19.4. The Labute approximate surface area is 114 Å². The average molecular weight is 289 g/mol. The van der Waals surface area contributed by atoms with Gasteiger partial charge in [-0.3, -0.25) is 4.89 Å². The molecule has 1 unspecified atom stereocenters. The van der Waals surface area contributed by atoms with Gasteiger partial charge in [0.2, 0.25) is 0 Å². The highest BCUT2D eigenvalue weighted by molar-refractivity contribution is 5.65. The molecular formula is C13H14F3NO3. The molecule has 1 saturated heterocycles. The van der Waals surface area contributed by atoms with E-state index in [0.29, 0.717) is 13.0 Å². The van der Waals surface area contributed by atoms with E-state index in [1.807, 2.05) is 0 Å². The molecule has 1 heterocycles. The maximum absolute atomic E-state index is 12.9. The number of hydrogen-bond donors (Lipinski definition) is 0. The summed E-state index contributed by atoms with van der Waals surface area (Å²) in [6.45, 7) is 1.87. The number of anilines is 1. The molecule has 1 fully saturated rings. The number of carbonyl (C=O) groups excluding carboxylic acids is 1. The normalized spacial score (nSPS) is 19.2. The molecule has 7 heteroatoms. The predicted octanol–water partition coefficient (Wildman–Crippen LogP) is 2.78. The summed E-state index contributed by atoms with van der Waals surface area (Å²) >= 11 is 0. The van der Waals surface area contributed by atoms with E-state index in [-0.39, 0.29) is 12.2 Å². The second-order valence-electron chi connectivity index (χ2n) is 4.54. The summed E-state index contributed by atoms with van der Waals surface area (Å²) in [6.07, 6.45) is -4.31. The van der Waals surface area contributed by atoms with Crippen molar-refractivity contribution in [3.05, 3.63) is 29.8 Å².